The minimum atomic E-state index is -1.76. The molecule has 118 valence electrons. The predicted molar refractivity (Wildman–Crippen MR) is 88.5 cm³/mol. The molecule has 0 fully saturated rings. The normalized spacial score (nSPS) is 24.8. The van der Waals surface area contributed by atoms with Crippen molar-refractivity contribution in [2.75, 3.05) is 11.5 Å². The fraction of sp³-hybridized carbons (Fsp3) is 0.278. The van der Waals surface area contributed by atoms with Crippen LogP contribution in [0.2, 0.25) is 0 Å². The molecule has 0 aromatic heterocycles. The van der Waals surface area contributed by atoms with Crippen LogP contribution in [0.3, 0.4) is 0 Å². The van der Waals surface area contributed by atoms with Crippen molar-refractivity contribution in [1.82, 2.24) is 0 Å². The Bertz CT molecular complexity index is 868. The average molecular weight is 336 g/mol. The van der Waals surface area contributed by atoms with E-state index in [4.69, 9.17) is 5.73 Å². The molecule has 2 atom stereocenters. The van der Waals surface area contributed by atoms with Gasteiger partial charge in [-0.15, -0.1) is 0 Å². The van der Waals surface area contributed by atoms with Gasteiger partial charge in [0.2, 0.25) is 0 Å². The summed E-state index contributed by atoms with van der Waals surface area (Å²) in [6, 6.07) is 12.2. The monoisotopic (exact) mass is 336 g/mol. The summed E-state index contributed by atoms with van der Waals surface area (Å²) in [7, 11) is 0. The summed E-state index contributed by atoms with van der Waals surface area (Å²) < 4.78 is 14.5. The molecule has 0 bridgehead atoms. The molecule has 4 nitrogen and oxygen atoms in total. The van der Waals surface area contributed by atoms with E-state index in [1.165, 1.54) is 6.07 Å². The van der Waals surface area contributed by atoms with Crippen molar-refractivity contribution in [3.63, 3.8) is 0 Å². The van der Waals surface area contributed by atoms with Crippen LogP contribution < -0.4 is 5.73 Å². The van der Waals surface area contributed by atoms with Crippen LogP contribution >= 0.6 is 11.8 Å². The van der Waals surface area contributed by atoms with Crippen molar-refractivity contribution >= 4 is 11.8 Å². The third kappa shape index (κ3) is 2.10. The van der Waals surface area contributed by atoms with Crippen LogP contribution in [0.5, 0.6) is 0 Å². The molecule has 0 unspecified atom stereocenters. The van der Waals surface area contributed by atoms with E-state index in [-0.39, 0.29) is 17.2 Å². The first-order valence-corrected chi connectivity index (χ1v) is 8.51. The van der Waals surface area contributed by atoms with E-state index < -0.39 is 17.2 Å². The fourth-order valence-corrected chi connectivity index (χ4v) is 4.62. The molecule has 1 aromatic rings. The Morgan fingerprint density at radius 2 is 1.92 bits per heavy atom. The molecule has 1 aromatic carbocycles. The van der Waals surface area contributed by atoms with Gasteiger partial charge >= 0.3 is 0 Å². The number of allylic oxidation sites excluding steroid dienone is 3. The Labute approximate surface area is 143 Å². The van der Waals surface area contributed by atoms with Gasteiger partial charge in [0.25, 0.3) is 0 Å². The highest BCUT2D eigenvalue weighted by atomic mass is 32.2. The van der Waals surface area contributed by atoms with E-state index in [1.54, 1.807) is 30.0 Å². The maximum atomic E-state index is 14.5. The predicted octanol–water partition coefficient (Wildman–Crippen LogP) is 2.98. The maximum Gasteiger partial charge on any atom is 0.191 e. The molecule has 3 rings (SSSR count). The lowest BCUT2D eigenvalue weighted by atomic mass is 9.59. The van der Waals surface area contributed by atoms with Gasteiger partial charge in [0, 0.05) is 23.3 Å². The number of nitrogens with zero attached hydrogens (tertiary/aromatic N) is 3. The highest BCUT2D eigenvalue weighted by Gasteiger charge is 2.54. The molecule has 0 saturated heterocycles. The van der Waals surface area contributed by atoms with E-state index in [1.807, 2.05) is 24.3 Å². The van der Waals surface area contributed by atoms with Crippen molar-refractivity contribution in [1.29, 1.82) is 15.8 Å². The number of nitriles is 3. The molecule has 6 heteroatoms. The number of benzene rings is 1. The zero-order valence-electron chi connectivity index (χ0n) is 12.7. The molecule has 24 heavy (non-hydrogen) atoms. The van der Waals surface area contributed by atoms with Crippen LogP contribution in [0.15, 0.2) is 47.2 Å². The smallest absolute Gasteiger partial charge is 0.191 e. The van der Waals surface area contributed by atoms with Crippen molar-refractivity contribution in [3.05, 3.63) is 58.6 Å². The number of hydrogen-bond acceptors (Lipinski definition) is 5. The second-order valence-corrected chi connectivity index (χ2v) is 6.81. The van der Waals surface area contributed by atoms with Crippen molar-refractivity contribution in [2.45, 2.75) is 5.92 Å². The Kier molecular flexibility index (Phi) is 4.06. The van der Waals surface area contributed by atoms with Gasteiger partial charge in [0.15, 0.2) is 5.41 Å². The summed E-state index contributed by atoms with van der Waals surface area (Å²) in [6.45, 7) is 0. The van der Waals surface area contributed by atoms with Crippen molar-refractivity contribution in [2.24, 2.45) is 17.1 Å². The summed E-state index contributed by atoms with van der Waals surface area (Å²) >= 11 is 1.63. The molecule has 1 aliphatic heterocycles. The van der Waals surface area contributed by atoms with E-state index in [0.29, 0.717) is 11.3 Å². The zero-order chi connectivity index (χ0) is 17.3. The first-order valence-electron chi connectivity index (χ1n) is 7.36. The molecule has 0 spiro atoms. The van der Waals surface area contributed by atoms with E-state index in [0.717, 1.165) is 11.3 Å². The van der Waals surface area contributed by atoms with Gasteiger partial charge in [0.05, 0.1) is 23.4 Å². The number of rotatable bonds is 1. The SMILES string of the molecule is N#CC1=C(N)C(C#N)(C#N)[C@@H](c2ccccc2F)[C@H]2CSCC=C12. The lowest BCUT2D eigenvalue weighted by Crippen LogP contribution is -2.43. The standard InChI is InChI=1S/C18H13FN4S/c19-15-4-2-1-3-12(15)16-14-8-24-6-5-11(14)13(7-20)17(23)18(16,9-21)10-22/h1-5,14,16H,6,8,23H2/t14-,16-/m0/s1. The molecule has 2 N–H and O–H groups in total. The van der Waals surface area contributed by atoms with Gasteiger partial charge in [-0.2, -0.15) is 27.5 Å². The lowest BCUT2D eigenvalue weighted by molar-refractivity contribution is 0.357. The molecular formula is C18H13FN4S. The highest BCUT2D eigenvalue weighted by molar-refractivity contribution is 7.99. The maximum absolute atomic E-state index is 14.5. The van der Waals surface area contributed by atoms with Gasteiger partial charge in [-0.25, -0.2) is 4.39 Å². The molecule has 2 aliphatic rings. The minimum Gasteiger partial charge on any atom is -0.399 e. The highest BCUT2D eigenvalue weighted by Crippen LogP contribution is 2.55. The third-order valence-electron chi connectivity index (χ3n) is 4.67. The van der Waals surface area contributed by atoms with Gasteiger partial charge in [-0.1, -0.05) is 24.3 Å². The van der Waals surface area contributed by atoms with Crippen LogP contribution in [-0.2, 0) is 0 Å². The summed E-state index contributed by atoms with van der Waals surface area (Å²) in [5.74, 6) is -0.193. The lowest BCUT2D eigenvalue weighted by Gasteiger charge is -2.43. The summed E-state index contributed by atoms with van der Waals surface area (Å²) in [5.41, 5.74) is 5.49. The van der Waals surface area contributed by atoms with Crippen molar-refractivity contribution < 1.29 is 4.39 Å². The van der Waals surface area contributed by atoms with E-state index >= 15 is 0 Å². The molecular weight excluding hydrogens is 323 g/mol. The summed E-state index contributed by atoms with van der Waals surface area (Å²) in [5, 5.41) is 29.1. The Balaban J connectivity index is 2.37. The molecule has 1 heterocycles. The number of nitrogens with two attached hydrogens (primary N) is 1. The van der Waals surface area contributed by atoms with Crippen LogP contribution in [-0.4, -0.2) is 11.5 Å². The van der Waals surface area contributed by atoms with Gasteiger partial charge < -0.3 is 5.73 Å². The number of thioether (sulfide) groups is 1. The quantitative estimate of drug-likeness (QED) is 0.850. The number of fused-ring (bicyclic) bond motifs is 1. The van der Waals surface area contributed by atoms with Crippen LogP contribution in [0.4, 0.5) is 4.39 Å². The molecule has 0 amide bonds. The minimum absolute atomic E-state index is 0.0716. The second kappa shape index (κ2) is 6.04. The fourth-order valence-electron chi connectivity index (χ4n) is 3.56. The Morgan fingerprint density at radius 3 is 2.54 bits per heavy atom. The van der Waals surface area contributed by atoms with Crippen LogP contribution in [0.25, 0.3) is 0 Å². The van der Waals surface area contributed by atoms with Gasteiger partial charge in [-0.05, 0) is 17.2 Å². The Hall–Kier alpha value is -2.75. The van der Waals surface area contributed by atoms with Crippen LogP contribution in [0, 0.1) is 51.1 Å². The Morgan fingerprint density at radius 1 is 1.21 bits per heavy atom. The topological polar surface area (TPSA) is 97.4 Å². The van der Waals surface area contributed by atoms with Crippen molar-refractivity contribution in [3.8, 4) is 18.2 Å². The van der Waals surface area contributed by atoms with Gasteiger partial charge in [0.1, 0.15) is 11.9 Å². The summed E-state index contributed by atoms with van der Waals surface area (Å²) in [4.78, 5) is 0. The average Bonchev–Trinajstić information content (AvgIpc) is 2.62. The van der Waals surface area contributed by atoms with Crippen LogP contribution in [0.1, 0.15) is 11.5 Å². The number of halogens is 1. The molecule has 0 radical (unpaired) electrons. The largest absolute Gasteiger partial charge is 0.399 e. The third-order valence-corrected chi connectivity index (χ3v) is 5.67. The first-order chi connectivity index (χ1) is 11.6. The zero-order valence-corrected chi connectivity index (χ0v) is 13.5. The van der Waals surface area contributed by atoms with E-state index in [9.17, 15) is 20.2 Å². The summed E-state index contributed by atoms with van der Waals surface area (Å²) in [6.07, 6.45) is 1.90. The second-order valence-electron chi connectivity index (χ2n) is 5.73. The molecule has 1 aliphatic carbocycles. The molecule has 0 saturated carbocycles. The van der Waals surface area contributed by atoms with E-state index in [2.05, 4.69) is 0 Å². The number of hydrogen-bond donors (Lipinski definition) is 1. The first kappa shape index (κ1) is 16.1. The van der Waals surface area contributed by atoms with Gasteiger partial charge in [-0.3, -0.25) is 0 Å².